The van der Waals surface area contributed by atoms with Gasteiger partial charge in [0.15, 0.2) is 0 Å². The van der Waals surface area contributed by atoms with Crippen LogP contribution in [-0.2, 0) is 0 Å². The SMILES string of the molecule is CNC(CCO)CN1CCC(C)C(C)C1. The molecule has 1 saturated heterocycles. The Kier molecular flexibility index (Phi) is 5.58. The van der Waals surface area contributed by atoms with Gasteiger partial charge in [-0.05, 0) is 38.3 Å². The number of aliphatic hydroxyl groups excluding tert-OH is 1. The van der Waals surface area contributed by atoms with Crippen molar-refractivity contribution < 1.29 is 5.11 Å². The van der Waals surface area contributed by atoms with Gasteiger partial charge in [0, 0.05) is 25.7 Å². The van der Waals surface area contributed by atoms with E-state index in [1.165, 1.54) is 19.5 Å². The maximum Gasteiger partial charge on any atom is 0.0446 e. The van der Waals surface area contributed by atoms with E-state index in [1.807, 2.05) is 7.05 Å². The Morgan fingerprint density at radius 1 is 1.40 bits per heavy atom. The van der Waals surface area contributed by atoms with Crippen molar-refractivity contribution in [3.63, 3.8) is 0 Å². The summed E-state index contributed by atoms with van der Waals surface area (Å²) in [5, 5.41) is 12.2. The molecule has 3 unspecified atom stereocenters. The molecule has 2 N–H and O–H groups in total. The van der Waals surface area contributed by atoms with Crippen LogP contribution in [0.1, 0.15) is 26.7 Å². The molecular formula is C12H26N2O. The van der Waals surface area contributed by atoms with Gasteiger partial charge in [-0.2, -0.15) is 0 Å². The van der Waals surface area contributed by atoms with E-state index in [-0.39, 0.29) is 6.61 Å². The number of likely N-dealkylation sites (N-methyl/N-ethyl adjacent to an activating group) is 1. The lowest BCUT2D eigenvalue weighted by molar-refractivity contribution is 0.122. The summed E-state index contributed by atoms with van der Waals surface area (Å²) >= 11 is 0. The summed E-state index contributed by atoms with van der Waals surface area (Å²) in [6.07, 6.45) is 2.17. The number of aliphatic hydroxyl groups is 1. The van der Waals surface area contributed by atoms with Crippen LogP contribution in [0.15, 0.2) is 0 Å². The number of nitrogens with one attached hydrogen (secondary N) is 1. The van der Waals surface area contributed by atoms with Gasteiger partial charge in [-0.15, -0.1) is 0 Å². The van der Waals surface area contributed by atoms with Crippen molar-refractivity contribution in [1.29, 1.82) is 0 Å². The molecule has 1 aliphatic rings. The van der Waals surface area contributed by atoms with Gasteiger partial charge in [0.05, 0.1) is 0 Å². The number of nitrogens with zero attached hydrogens (tertiary/aromatic N) is 1. The average molecular weight is 214 g/mol. The third-order valence-electron chi connectivity index (χ3n) is 3.78. The maximum absolute atomic E-state index is 8.93. The smallest absolute Gasteiger partial charge is 0.0446 e. The fourth-order valence-corrected chi connectivity index (χ4v) is 2.31. The van der Waals surface area contributed by atoms with Crippen LogP contribution in [0.2, 0.25) is 0 Å². The van der Waals surface area contributed by atoms with Gasteiger partial charge in [-0.3, -0.25) is 0 Å². The molecule has 0 aromatic carbocycles. The van der Waals surface area contributed by atoms with Crippen molar-refractivity contribution in [2.75, 3.05) is 33.3 Å². The first kappa shape index (κ1) is 12.9. The number of rotatable bonds is 5. The molecule has 0 aromatic rings. The summed E-state index contributed by atoms with van der Waals surface area (Å²) in [5.41, 5.74) is 0. The van der Waals surface area contributed by atoms with E-state index in [1.54, 1.807) is 0 Å². The van der Waals surface area contributed by atoms with Crippen molar-refractivity contribution >= 4 is 0 Å². The highest BCUT2D eigenvalue weighted by Gasteiger charge is 2.23. The molecule has 3 nitrogen and oxygen atoms in total. The van der Waals surface area contributed by atoms with E-state index in [0.29, 0.717) is 6.04 Å². The fraction of sp³-hybridized carbons (Fsp3) is 1.00. The summed E-state index contributed by atoms with van der Waals surface area (Å²) in [4.78, 5) is 2.53. The van der Waals surface area contributed by atoms with E-state index in [4.69, 9.17) is 5.11 Å². The standard InChI is InChI=1S/C12H26N2O/c1-10-4-6-14(8-11(10)2)9-12(13-3)5-7-15/h10-13,15H,4-9H2,1-3H3. The van der Waals surface area contributed by atoms with Crippen molar-refractivity contribution in [3.05, 3.63) is 0 Å². The molecule has 0 radical (unpaired) electrons. The monoisotopic (exact) mass is 214 g/mol. The number of piperidine rings is 1. The van der Waals surface area contributed by atoms with Gasteiger partial charge in [-0.1, -0.05) is 13.8 Å². The first-order valence-corrected chi connectivity index (χ1v) is 6.17. The largest absolute Gasteiger partial charge is 0.396 e. The van der Waals surface area contributed by atoms with E-state index in [0.717, 1.165) is 24.8 Å². The second-order valence-corrected chi connectivity index (χ2v) is 5.00. The van der Waals surface area contributed by atoms with Crippen molar-refractivity contribution in [2.45, 2.75) is 32.7 Å². The van der Waals surface area contributed by atoms with E-state index in [9.17, 15) is 0 Å². The van der Waals surface area contributed by atoms with Crippen molar-refractivity contribution in [1.82, 2.24) is 10.2 Å². The van der Waals surface area contributed by atoms with Crippen LogP contribution >= 0.6 is 0 Å². The van der Waals surface area contributed by atoms with Crippen molar-refractivity contribution in [2.24, 2.45) is 11.8 Å². The minimum Gasteiger partial charge on any atom is -0.396 e. The summed E-state index contributed by atoms with van der Waals surface area (Å²) < 4.78 is 0. The van der Waals surface area contributed by atoms with Gasteiger partial charge in [0.25, 0.3) is 0 Å². The van der Waals surface area contributed by atoms with Crippen LogP contribution < -0.4 is 5.32 Å². The molecule has 1 rings (SSSR count). The second kappa shape index (κ2) is 6.46. The summed E-state index contributed by atoms with van der Waals surface area (Å²) in [7, 11) is 1.98. The van der Waals surface area contributed by atoms with Crippen LogP contribution in [0.25, 0.3) is 0 Å². The third-order valence-corrected chi connectivity index (χ3v) is 3.78. The Labute approximate surface area is 93.9 Å². The van der Waals surface area contributed by atoms with Crippen LogP contribution in [0.4, 0.5) is 0 Å². The third kappa shape index (κ3) is 4.09. The van der Waals surface area contributed by atoms with Crippen LogP contribution in [0.5, 0.6) is 0 Å². The first-order valence-electron chi connectivity index (χ1n) is 6.17. The Bertz CT molecular complexity index is 175. The van der Waals surface area contributed by atoms with Gasteiger partial charge in [-0.25, -0.2) is 0 Å². The molecule has 1 aliphatic heterocycles. The number of likely N-dealkylation sites (tertiary alicyclic amines) is 1. The Balaban J connectivity index is 2.31. The van der Waals surface area contributed by atoms with Crippen LogP contribution in [-0.4, -0.2) is 49.3 Å². The minimum absolute atomic E-state index is 0.283. The van der Waals surface area contributed by atoms with E-state index in [2.05, 4.69) is 24.1 Å². The molecule has 0 bridgehead atoms. The molecule has 0 amide bonds. The van der Waals surface area contributed by atoms with Gasteiger partial charge in [0.1, 0.15) is 0 Å². The first-order chi connectivity index (χ1) is 7.17. The second-order valence-electron chi connectivity index (χ2n) is 5.00. The van der Waals surface area contributed by atoms with Gasteiger partial charge in [0.2, 0.25) is 0 Å². The molecule has 1 fully saturated rings. The molecule has 0 aliphatic carbocycles. The normalized spacial score (nSPS) is 30.4. The summed E-state index contributed by atoms with van der Waals surface area (Å²) in [5.74, 6) is 1.68. The molecule has 15 heavy (non-hydrogen) atoms. The zero-order valence-corrected chi connectivity index (χ0v) is 10.4. The summed E-state index contributed by atoms with van der Waals surface area (Å²) in [6.45, 7) is 8.49. The van der Waals surface area contributed by atoms with Crippen molar-refractivity contribution in [3.8, 4) is 0 Å². The molecule has 1 heterocycles. The highest BCUT2D eigenvalue weighted by Crippen LogP contribution is 2.22. The molecule has 0 aromatic heterocycles. The number of hydrogen-bond acceptors (Lipinski definition) is 3. The zero-order chi connectivity index (χ0) is 11.3. The predicted octanol–water partition coefficient (Wildman–Crippen LogP) is 0.935. The highest BCUT2D eigenvalue weighted by atomic mass is 16.3. The average Bonchev–Trinajstić information content (AvgIpc) is 2.23. The molecule has 0 spiro atoms. The maximum atomic E-state index is 8.93. The Hall–Kier alpha value is -0.120. The molecular weight excluding hydrogens is 188 g/mol. The zero-order valence-electron chi connectivity index (χ0n) is 10.4. The Morgan fingerprint density at radius 2 is 2.13 bits per heavy atom. The van der Waals surface area contributed by atoms with E-state index >= 15 is 0 Å². The molecule has 90 valence electrons. The lowest BCUT2D eigenvalue weighted by Gasteiger charge is -2.37. The number of hydrogen-bond donors (Lipinski definition) is 2. The fourth-order valence-electron chi connectivity index (χ4n) is 2.31. The van der Waals surface area contributed by atoms with Gasteiger partial charge >= 0.3 is 0 Å². The lowest BCUT2D eigenvalue weighted by atomic mass is 9.88. The van der Waals surface area contributed by atoms with Gasteiger partial charge < -0.3 is 15.3 Å². The van der Waals surface area contributed by atoms with Crippen LogP contribution in [0, 0.1) is 11.8 Å². The van der Waals surface area contributed by atoms with Crippen LogP contribution in [0.3, 0.4) is 0 Å². The Morgan fingerprint density at radius 3 is 2.67 bits per heavy atom. The van der Waals surface area contributed by atoms with E-state index < -0.39 is 0 Å². The lowest BCUT2D eigenvalue weighted by Crippen LogP contribution is -2.45. The quantitative estimate of drug-likeness (QED) is 0.715. The predicted molar refractivity (Wildman–Crippen MR) is 63.9 cm³/mol. The molecule has 0 saturated carbocycles. The minimum atomic E-state index is 0.283. The molecule has 3 atom stereocenters. The highest BCUT2D eigenvalue weighted by molar-refractivity contribution is 4.78. The summed E-state index contributed by atoms with van der Waals surface area (Å²) in [6, 6.07) is 0.440. The topological polar surface area (TPSA) is 35.5 Å². The molecule has 3 heteroatoms.